The molecule has 1 aliphatic rings. The minimum atomic E-state index is -5.08. The average molecular weight is 377 g/mol. The second-order valence-corrected chi connectivity index (χ2v) is 5.59. The zero-order chi connectivity index (χ0) is 19.5. The smallest absolute Gasteiger partial charge is 0.475 e. The number of hydrogen-bond donors (Lipinski definition) is 3. The number of benzene rings is 1. The van der Waals surface area contributed by atoms with Gasteiger partial charge in [-0.05, 0) is 31.0 Å². The predicted molar refractivity (Wildman–Crippen MR) is 79.5 cm³/mol. The number of β-amino-alcohol motifs (C(OH)–C–C–N with tert-alkyl or cyclic N) is 1. The van der Waals surface area contributed by atoms with Crippen LogP contribution in [0.1, 0.15) is 23.9 Å². The summed E-state index contributed by atoms with van der Waals surface area (Å²) in [7, 11) is 0. The maximum absolute atomic E-state index is 13.8. The van der Waals surface area contributed by atoms with Gasteiger partial charge in [0.05, 0.1) is 17.7 Å². The number of nitrogens with one attached hydrogen (secondary N) is 1. The van der Waals surface area contributed by atoms with Crippen LogP contribution in [0.2, 0.25) is 0 Å². The Kier molecular flexibility index (Phi) is 5.93. The minimum absolute atomic E-state index is 0.162. The first-order valence-electron chi connectivity index (χ1n) is 7.39. The fourth-order valence-electron chi connectivity index (χ4n) is 2.19. The van der Waals surface area contributed by atoms with Gasteiger partial charge in [0, 0.05) is 6.54 Å². The minimum Gasteiger partial charge on any atom is -0.475 e. The van der Waals surface area contributed by atoms with Crippen LogP contribution in [0, 0.1) is 12.7 Å². The van der Waals surface area contributed by atoms with E-state index in [0.29, 0.717) is 24.4 Å². The van der Waals surface area contributed by atoms with Crippen molar-refractivity contribution in [1.82, 2.24) is 15.5 Å². The van der Waals surface area contributed by atoms with Crippen molar-refractivity contribution in [3.8, 4) is 11.4 Å². The number of aromatic nitrogens is 2. The van der Waals surface area contributed by atoms with Crippen molar-refractivity contribution in [1.29, 1.82) is 0 Å². The Hall–Kier alpha value is -2.53. The molecule has 11 heteroatoms. The highest BCUT2D eigenvalue weighted by Crippen LogP contribution is 2.26. The van der Waals surface area contributed by atoms with Gasteiger partial charge >= 0.3 is 12.1 Å². The average Bonchev–Trinajstić information content (AvgIpc) is 3.15. The molecule has 0 radical (unpaired) electrons. The maximum Gasteiger partial charge on any atom is 0.490 e. The molecule has 1 aromatic heterocycles. The lowest BCUT2D eigenvalue weighted by atomic mass is 10.1. The fourth-order valence-corrected chi connectivity index (χ4v) is 2.19. The number of aliphatic carboxylic acids is 1. The highest BCUT2D eigenvalue weighted by molar-refractivity contribution is 5.73. The first-order chi connectivity index (χ1) is 12.1. The predicted octanol–water partition coefficient (Wildman–Crippen LogP) is 2.21. The van der Waals surface area contributed by atoms with Gasteiger partial charge < -0.3 is 20.1 Å². The number of halogens is 4. The molecule has 1 aliphatic heterocycles. The summed E-state index contributed by atoms with van der Waals surface area (Å²) in [5.74, 6) is -2.51. The first-order valence-corrected chi connectivity index (χ1v) is 7.39. The molecule has 26 heavy (non-hydrogen) atoms. The monoisotopic (exact) mass is 377 g/mol. The molecule has 0 aliphatic carbocycles. The summed E-state index contributed by atoms with van der Waals surface area (Å²) in [4.78, 5) is 13.1. The zero-order valence-corrected chi connectivity index (χ0v) is 13.4. The highest BCUT2D eigenvalue weighted by Gasteiger charge is 2.38. The highest BCUT2D eigenvalue weighted by atomic mass is 19.4. The Balaban J connectivity index is 0.000000298. The Bertz CT molecular complexity index is 778. The van der Waals surface area contributed by atoms with Crippen LogP contribution >= 0.6 is 0 Å². The molecule has 2 atom stereocenters. The van der Waals surface area contributed by atoms with Crippen LogP contribution in [-0.4, -0.2) is 45.1 Å². The van der Waals surface area contributed by atoms with Crippen LogP contribution in [0.5, 0.6) is 0 Å². The van der Waals surface area contributed by atoms with Crippen LogP contribution < -0.4 is 5.32 Å². The van der Waals surface area contributed by atoms with E-state index in [-0.39, 0.29) is 17.7 Å². The molecule has 0 amide bonds. The molecule has 0 unspecified atom stereocenters. The van der Waals surface area contributed by atoms with E-state index in [0.717, 1.165) is 5.56 Å². The molecule has 0 bridgehead atoms. The van der Waals surface area contributed by atoms with Crippen molar-refractivity contribution in [2.24, 2.45) is 0 Å². The SMILES string of the molecule is Cc1ccc(-c2noc([C@H]3C[C@@H](O)CN3)n2)c(F)c1.O=C(O)C(F)(F)F. The molecule has 1 aromatic carbocycles. The summed E-state index contributed by atoms with van der Waals surface area (Å²) in [5.41, 5.74) is 1.16. The van der Waals surface area contributed by atoms with Gasteiger partial charge in [0.2, 0.25) is 11.7 Å². The Morgan fingerprint density at radius 1 is 1.38 bits per heavy atom. The quantitative estimate of drug-likeness (QED) is 0.689. The van der Waals surface area contributed by atoms with Gasteiger partial charge in [-0.15, -0.1) is 0 Å². The van der Waals surface area contributed by atoms with Crippen molar-refractivity contribution < 1.29 is 37.1 Å². The Morgan fingerprint density at radius 3 is 2.54 bits per heavy atom. The number of aliphatic hydroxyl groups excluding tert-OH is 1. The molecule has 0 spiro atoms. The van der Waals surface area contributed by atoms with Gasteiger partial charge in [0.1, 0.15) is 5.82 Å². The standard InChI is InChI=1S/C13H14FN3O2.C2HF3O2/c1-7-2-3-9(10(14)4-7)12-16-13(19-17-12)11-5-8(18)6-15-11;3-2(4,5)1(6)7/h2-4,8,11,15,18H,5-6H2,1H3;(H,6,7)/t8-,11-;/m1./s1. The molecule has 0 saturated carbocycles. The largest absolute Gasteiger partial charge is 0.490 e. The third-order valence-electron chi connectivity index (χ3n) is 3.46. The van der Waals surface area contributed by atoms with Crippen molar-refractivity contribution in [3.63, 3.8) is 0 Å². The third-order valence-corrected chi connectivity index (χ3v) is 3.46. The number of nitrogens with zero attached hydrogens (tertiary/aromatic N) is 2. The van der Waals surface area contributed by atoms with E-state index in [1.807, 2.05) is 6.92 Å². The number of rotatable bonds is 2. The van der Waals surface area contributed by atoms with Gasteiger partial charge in [-0.25, -0.2) is 9.18 Å². The number of carboxylic acids is 1. The van der Waals surface area contributed by atoms with Gasteiger partial charge in [0.25, 0.3) is 0 Å². The second-order valence-electron chi connectivity index (χ2n) is 5.59. The maximum atomic E-state index is 13.8. The van der Waals surface area contributed by atoms with Gasteiger partial charge in [-0.3, -0.25) is 0 Å². The summed E-state index contributed by atoms with van der Waals surface area (Å²) >= 11 is 0. The second kappa shape index (κ2) is 7.79. The van der Waals surface area contributed by atoms with Crippen LogP contribution in [0.25, 0.3) is 11.4 Å². The van der Waals surface area contributed by atoms with E-state index in [4.69, 9.17) is 14.4 Å². The Morgan fingerprint density at radius 2 is 2.04 bits per heavy atom. The van der Waals surface area contributed by atoms with E-state index >= 15 is 0 Å². The van der Waals surface area contributed by atoms with Gasteiger partial charge in [-0.2, -0.15) is 18.2 Å². The summed E-state index contributed by atoms with van der Waals surface area (Å²) in [6.45, 7) is 2.32. The lowest BCUT2D eigenvalue weighted by Crippen LogP contribution is -2.21. The van der Waals surface area contributed by atoms with Crippen LogP contribution in [-0.2, 0) is 4.79 Å². The van der Waals surface area contributed by atoms with Crippen LogP contribution in [0.3, 0.4) is 0 Å². The number of carbonyl (C=O) groups is 1. The molecule has 1 saturated heterocycles. The molecule has 1 fully saturated rings. The van der Waals surface area contributed by atoms with Crippen molar-refractivity contribution in [2.75, 3.05) is 6.54 Å². The molecule has 3 rings (SSSR count). The summed E-state index contributed by atoms with van der Waals surface area (Å²) in [6, 6.07) is 4.70. The number of hydrogen-bond acceptors (Lipinski definition) is 6. The summed E-state index contributed by atoms with van der Waals surface area (Å²) < 4.78 is 50.7. The summed E-state index contributed by atoms with van der Waals surface area (Å²) in [6.07, 6.45) is -4.96. The van der Waals surface area contributed by atoms with Crippen LogP contribution in [0.15, 0.2) is 22.7 Å². The number of aliphatic hydroxyl groups is 1. The molecular formula is C15H15F4N3O4. The summed E-state index contributed by atoms with van der Waals surface area (Å²) in [5, 5.41) is 23.4. The van der Waals surface area contributed by atoms with Crippen LogP contribution in [0.4, 0.5) is 17.6 Å². The molecule has 142 valence electrons. The number of aryl methyl sites for hydroxylation is 1. The molecule has 2 aromatic rings. The lowest BCUT2D eigenvalue weighted by Gasteiger charge is -2.01. The lowest BCUT2D eigenvalue weighted by molar-refractivity contribution is -0.192. The fraction of sp³-hybridized carbons (Fsp3) is 0.400. The number of carboxylic acid groups (broad SMARTS) is 1. The van der Waals surface area contributed by atoms with E-state index in [9.17, 15) is 22.7 Å². The first kappa shape index (κ1) is 19.8. The third kappa shape index (κ3) is 4.99. The van der Waals surface area contributed by atoms with Crippen molar-refractivity contribution in [2.45, 2.75) is 31.7 Å². The van der Waals surface area contributed by atoms with Gasteiger partial charge in [-0.1, -0.05) is 11.2 Å². The normalized spacial score (nSPS) is 19.8. The van der Waals surface area contributed by atoms with Gasteiger partial charge in [0.15, 0.2) is 0 Å². The van der Waals surface area contributed by atoms with E-state index in [2.05, 4.69) is 15.5 Å². The molecule has 3 N–H and O–H groups in total. The van der Waals surface area contributed by atoms with E-state index in [1.54, 1.807) is 12.1 Å². The topological polar surface area (TPSA) is 108 Å². The van der Waals surface area contributed by atoms with Crippen molar-refractivity contribution in [3.05, 3.63) is 35.5 Å². The molecule has 2 heterocycles. The zero-order valence-electron chi connectivity index (χ0n) is 13.4. The van der Waals surface area contributed by atoms with Crippen molar-refractivity contribution >= 4 is 5.97 Å². The van der Waals surface area contributed by atoms with E-state index in [1.165, 1.54) is 6.07 Å². The Labute approximate surface area is 144 Å². The molecular weight excluding hydrogens is 362 g/mol. The molecule has 7 nitrogen and oxygen atoms in total. The number of alkyl halides is 3. The van der Waals surface area contributed by atoms with E-state index < -0.39 is 18.2 Å².